The fraction of sp³-hybridized carbons (Fsp3) is 0.429. The third-order valence-corrected chi connectivity index (χ3v) is 7.27. The first kappa shape index (κ1) is 18.9. The minimum atomic E-state index is -4.19. The average molecular weight is 401 g/mol. The summed E-state index contributed by atoms with van der Waals surface area (Å²) in [5, 5.41) is 1.94. The van der Waals surface area contributed by atoms with Gasteiger partial charge in [0, 0.05) is 18.8 Å². The number of amides is 1. The topological polar surface area (TPSA) is 89.5 Å². The van der Waals surface area contributed by atoms with Crippen molar-refractivity contribution in [2.45, 2.75) is 51.9 Å². The Bertz CT molecular complexity index is 1090. The monoisotopic (exact) mass is 401 g/mol. The highest BCUT2D eigenvalue weighted by Crippen LogP contribution is 2.56. The number of aryl methyl sites for hydroxylation is 1. The van der Waals surface area contributed by atoms with E-state index in [4.69, 9.17) is 4.18 Å². The lowest BCUT2D eigenvalue weighted by Gasteiger charge is -2.39. The zero-order valence-corrected chi connectivity index (χ0v) is 16.8. The van der Waals surface area contributed by atoms with Gasteiger partial charge in [0.05, 0.1) is 0 Å². The van der Waals surface area contributed by atoms with Crippen molar-refractivity contribution in [3.8, 4) is 5.75 Å². The Labute approximate surface area is 164 Å². The maximum Gasteiger partial charge on any atom is 0.409 e. The SMILES string of the molecule is CCC12CCc3c(ccc4cc(OS(=O)(=O)NC(C)=O)ccc34)C1CCC2=O. The lowest BCUT2D eigenvalue weighted by atomic mass is 9.63. The fourth-order valence-electron chi connectivity index (χ4n) is 5.10. The van der Waals surface area contributed by atoms with Gasteiger partial charge in [-0.3, -0.25) is 9.59 Å². The van der Waals surface area contributed by atoms with E-state index in [1.807, 2.05) is 12.1 Å². The van der Waals surface area contributed by atoms with Gasteiger partial charge in [-0.1, -0.05) is 25.1 Å². The van der Waals surface area contributed by atoms with Gasteiger partial charge in [0.1, 0.15) is 11.5 Å². The standard InChI is InChI=1S/C21H23NO5S/c1-3-21-11-10-17-16-7-5-15(27-28(25,26)22-13(2)23)12-14(16)4-6-18(17)19(21)8-9-20(21)24/h4-7,12,19H,3,8-11H2,1-2H3,(H,22,23). The normalized spacial score (nSPS) is 23.9. The number of benzene rings is 2. The molecule has 0 spiro atoms. The van der Waals surface area contributed by atoms with Crippen LogP contribution in [0.3, 0.4) is 0 Å². The Morgan fingerprint density at radius 1 is 1.25 bits per heavy atom. The van der Waals surface area contributed by atoms with Crippen molar-refractivity contribution in [2.75, 3.05) is 0 Å². The molecular formula is C21H23NO5S. The summed E-state index contributed by atoms with van der Waals surface area (Å²) >= 11 is 0. The molecule has 2 aliphatic rings. The molecular weight excluding hydrogens is 378 g/mol. The molecule has 6 nitrogen and oxygen atoms in total. The highest BCUT2D eigenvalue weighted by atomic mass is 32.2. The molecule has 7 heteroatoms. The van der Waals surface area contributed by atoms with Gasteiger partial charge in [0.25, 0.3) is 0 Å². The van der Waals surface area contributed by atoms with E-state index in [2.05, 4.69) is 13.0 Å². The van der Waals surface area contributed by atoms with E-state index >= 15 is 0 Å². The van der Waals surface area contributed by atoms with Crippen LogP contribution in [0.25, 0.3) is 10.8 Å². The lowest BCUT2D eigenvalue weighted by Crippen LogP contribution is -2.34. The third kappa shape index (κ3) is 2.98. The van der Waals surface area contributed by atoms with Crippen LogP contribution < -0.4 is 8.91 Å². The molecule has 2 aliphatic carbocycles. The molecule has 28 heavy (non-hydrogen) atoms. The van der Waals surface area contributed by atoms with Gasteiger partial charge < -0.3 is 4.18 Å². The first-order valence-corrected chi connectivity index (χ1v) is 11.0. The molecule has 0 bridgehead atoms. The van der Waals surface area contributed by atoms with Crippen molar-refractivity contribution in [3.63, 3.8) is 0 Å². The van der Waals surface area contributed by atoms with Gasteiger partial charge in [-0.05, 0) is 65.6 Å². The maximum absolute atomic E-state index is 12.6. The molecule has 1 amide bonds. The number of carbonyl (C=O) groups excluding carboxylic acids is 2. The summed E-state index contributed by atoms with van der Waals surface area (Å²) in [5.41, 5.74) is 2.29. The molecule has 2 aromatic rings. The van der Waals surface area contributed by atoms with Crippen molar-refractivity contribution in [2.24, 2.45) is 5.41 Å². The van der Waals surface area contributed by atoms with E-state index < -0.39 is 16.2 Å². The number of fused-ring (bicyclic) bond motifs is 5. The molecule has 2 aromatic carbocycles. The quantitative estimate of drug-likeness (QED) is 0.848. The Hall–Kier alpha value is -2.41. The second-order valence-electron chi connectivity index (χ2n) is 7.74. The van der Waals surface area contributed by atoms with E-state index in [9.17, 15) is 18.0 Å². The molecule has 1 fully saturated rings. The first-order chi connectivity index (χ1) is 13.3. The van der Waals surface area contributed by atoms with Crippen LogP contribution in [-0.2, 0) is 26.3 Å². The highest BCUT2D eigenvalue weighted by molar-refractivity contribution is 7.85. The number of nitrogens with one attached hydrogen (secondary N) is 1. The summed E-state index contributed by atoms with van der Waals surface area (Å²) in [5.74, 6) is 0.114. The minimum absolute atomic E-state index is 0.149. The molecule has 0 heterocycles. The van der Waals surface area contributed by atoms with Crippen LogP contribution in [0.5, 0.6) is 5.75 Å². The van der Waals surface area contributed by atoms with Crippen LogP contribution >= 0.6 is 0 Å². The molecule has 148 valence electrons. The molecule has 0 aliphatic heterocycles. The smallest absolute Gasteiger partial charge is 0.367 e. The van der Waals surface area contributed by atoms with Gasteiger partial charge >= 0.3 is 10.3 Å². The van der Waals surface area contributed by atoms with Gasteiger partial charge in [-0.2, -0.15) is 8.42 Å². The summed E-state index contributed by atoms with van der Waals surface area (Å²) < 4.78 is 30.4. The number of carbonyl (C=O) groups is 2. The summed E-state index contributed by atoms with van der Waals surface area (Å²) in [7, 11) is -4.19. The van der Waals surface area contributed by atoms with Gasteiger partial charge in [0.15, 0.2) is 0 Å². The van der Waals surface area contributed by atoms with E-state index in [-0.39, 0.29) is 17.1 Å². The van der Waals surface area contributed by atoms with E-state index in [1.54, 1.807) is 16.9 Å². The van der Waals surface area contributed by atoms with E-state index in [0.717, 1.165) is 43.4 Å². The molecule has 2 unspecified atom stereocenters. The van der Waals surface area contributed by atoms with Crippen molar-refractivity contribution in [1.29, 1.82) is 0 Å². The third-order valence-electron chi connectivity index (χ3n) is 6.32. The number of hydrogen-bond acceptors (Lipinski definition) is 5. The largest absolute Gasteiger partial charge is 0.409 e. The Balaban J connectivity index is 1.72. The van der Waals surface area contributed by atoms with Crippen LogP contribution in [0.2, 0.25) is 0 Å². The van der Waals surface area contributed by atoms with Crippen molar-refractivity contribution >= 4 is 32.8 Å². The van der Waals surface area contributed by atoms with Gasteiger partial charge in [-0.15, -0.1) is 0 Å². The summed E-state index contributed by atoms with van der Waals surface area (Å²) in [6, 6.07) is 9.17. The van der Waals surface area contributed by atoms with Gasteiger partial charge in [0.2, 0.25) is 5.91 Å². The predicted molar refractivity (Wildman–Crippen MR) is 105 cm³/mol. The van der Waals surface area contributed by atoms with Crippen LogP contribution in [0.1, 0.15) is 56.6 Å². The number of rotatable bonds is 4. The van der Waals surface area contributed by atoms with Crippen LogP contribution in [-0.4, -0.2) is 20.1 Å². The highest BCUT2D eigenvalue weighted by Gasteiger charge is 2.51. The first-order valence-electron chi connectivity index (χ1n) is 9.57. The Morgan fingerprint density at radius 3 is 2.75 bits per heavy atom. The number of Topliss-reactive ketones (excluding diaryl/α,β-unsaturated/α-hetero) is 1. The fourth-order valence-corrected chi connectivity index (χ4v) is 5.85. The second kappa shape index (κ2) is 6.58. The molecule has 4 rings (SSSR count). The molecule has 0 aromatic heterocycles. The zero-order valence-electron chi connectivity index (χ0n) is 15.9. The number of hydrogen-bond donors (Lipinski definition) is 1. The Morgan fingerprint density at radius 2 is 2.04 bits per heavy atom. The molecule has 0 radical (unpaired) electrons. The summed E-state index contributed by atoms with van der Waals surface area (Å²) in [6.07, 6.45) is 4.15. The van der Waals surface area contributed by atoms with E-state index in [0.29, 0.717) is 12.2 Å². The Kier molecular flexibility index (Phi) is 4.45. The molecule has 0 saturated heterocycles. The molecule has 1 N–H and O–H groups in total. The molecule has 2 atom stereocenters. The van der Waals surface area contributed by atoms with Crippen LogP contribution in [0, 0.1) is 5.41 Å². The predicted octanol–water partition coefficient (Wildman–Crippen LogP) is 3.39. The lowest BCUT2D eigenvalue weighted by molar-refractivity contribution is -0.127. The minimum Gasteiger partial charge on any atom is -0.367 e. The maximum atomic E-state index is 12.6. The van der Waals surface area contributed by atoms with Crippen LogP contribution in [0.4, 0.5) is 0 Å². The summed E-state index contributed by atoms with van der Waals surface area (Å²) in [6.45, 7) is 3.22. The summed E-state index contributed by atoms with van der Waals surface area (Å²) in [4.78, 5) is 23.6. The van der Waals surface area contributed by atoms with Crippen molar-refractivity contribution < 1.29 is 22.2 Å². The second-order valence-corrected chi connectivity index (χ2v) is 9.02. The van der Waals surface area contributed by atoms with Crippen molar-refractivity contribution in [3.05, 3.63) is 41.5 Å². The van der Waals surface area contributed by atoms with Gasteiger partial charge in [-0.25, -0.2) is 4.72 Å². The molecule has 1 saturated carbocycles. The zero-order chi connectivity index (χ0) is 20.1. The van der Waals surface area contributed by atoms with E-state index in [1.165, 1.54) is 11.1 Å². The number of ketones is 1. The van der Waals surface area contributed by atoms with Crippen LogP contribution in [0.15, 0.2) is 30.3 Å². The van der Waals surface area contributed by atoms with Crippen molar-refractivity contribution in [1.82, 2.24) is 4.72 Å². The average Bonchev–Trinajstić information content (AvgIpc) is 2.97.